The van der Waals surface area contributed by atoms with Crippen molar-refractivity contribution in [1.82, 2.24) is 24.4 Å². The highest BCUT2D eigenvalue weighted by Gasteiger charge is 2.20. The molecule has 0 aliphatic heterocycles. The fourth-order valence-corrected chi connectivity index (χ4v) is 3.36. The second-order valence-electron chi connectivity index (χ2n) is 6.04. The number of aryl methyl sites for hydroxylation is 1. The molecule has 4 aromatic rings. The summed E-state index contributed by atoms with van der Waals surface area (Å²) in [6.45, 7) is 2.68. The highest BCUT2D eigenvalue weighted by atomic mass is 79.9. The molecule has 0 bridgehead atoms. The lowest BCUT2D eigenvalue weighted by molar-refractivity contribution is -0.383. The van der Waals surface area contributed by atoms with Crippen LogP contribution in [0.2, 0.25) is 0 Å². The van der Waals surface area contributed by atoms with Crippen LogP contribution in [0.3, 0.4) is 0 Å². The maximum atomic E-state index is 12.7. The Labute approximate surface area is 172 Å². The molecular formula is C18H14BrN7O3. The van der Waals surface area contributed by atoms with Crippen molar-refractivity contribution in [1.29, 1.82) is 0 Å². The van der Waals surface area contributed by atoms with Crippen LogP contribution < -0.4 is 5.32 Å². The van der Waals surface area contributed by atoms with Crippen LogP contribution in [-0.4, -0.2) is 35.2 Å². The number of nitro benzene ring substituents is 1. The lowest BCUT2D eigenvalue weighted by Crippen LogP contribution is -2.14. The maximum Gasteiger partial charge on any atom is 0.292 e. The number of amides is 1. The Balaban J connectivity index is 1.72. The molecule has 3 heterocycles. The zero-order valence-corrected chi connectivity index (χ0v) is 16.7. The number of hydrogen-bond acceptors (Lipinski definition) is 6. The summed E-state index contributed by atoms with van der Waals surface area (Å²) in [4.78, 5) is 27.5. The number of nitrogens with one attached hydrogen (secondary N) is 1. The summed E-state index contributed by atoms with van der Waals surface area (Å²) in [7, 11) is 0. The van der Waals surface area contributed by atoms with Crippen LogP contribution in [-0.2, 0) is 6.54 Å². The molecule has 0 radical (unpaired) electrons. The van der Waals surface area contributed by atoms with E-state index in [4.69, 9.17) is 0 Å². The monoisotopic (exact) mass is 455 g/mol. The van der Waals surface area contributed by atoms with E-state index in [-0.39, 0.29) is 17.1 Å². The van der Waals surface area contributed by atoms with Crippen LogP contribution in [0.15, 0.2) is 53.3 Å². The van der Waals surface area contributed by atoms with E-state index in [2.05, 4.69) is 36.4 Å². The largest absolute Gasteiger partial charge is 0.315 e. The van der Waals surface area contributed by atoms with Crippen molar-refractivity contribution >= 4 is 38.9 Å². The second-order valence-corrected chi connectivity index (χ2v) is 6.89. The third-order valence-electron chi connectivity index (χ3n) is 4.22. The average molecular weight is 456 g/mol. The number of para-hydroxylation sites is 2. The maximum absolute atomic E-state index is 12.7. The van der Waals surface area contributed by atoms with Gasteiger partial charge in [0.1, 0.15) is 11.4 Å². The molecule has 4 rings (SSSR count). The minimum absolute atomic E-state index is 0.0779. The number of aromatic nitrogens is 5. The number of hydrogen-bond donors (Lipinski definition) is 1. The highest BCUT2D eigenvalue weighted by molar-refractivity contribution is 9.10. The van der Waals surface area contributed by atoms with Gasteiger partial charge in [-0.2, -0.15) is 10.2 Å². The zero-order valence-electron chi connectivity index (χ0n) is 15.1. The van der Waals surface area contributed by atoms with Gasteiger partial charge in [0.2, 0.25) is 0 Å². The number of benzene rings is 1. The van der Waals surface area contributed by atoms with Gasteiger partial charge in [0.15, 0.2) is 11.3 Å². The van der Waals surface area contributed by atoms with Gasteiger partial charge in [0.05, 0.1) is 15.1 Å². The molecule has 0 atom stereocenters. The highest BCUT2D eigenvalue weighted by Crippen LogP contribution is 2.27. The SMILES string of the molecule is CCn1cc(Br)c(-c2ccnc3cc(C(=O)Nc4ccccc4[N+](=O)[O-])nn23)n1. The molecule has 0 unspecified atom stereocenters. The van der Waals surface area contributed by atoms with Crippen LogP contribution in [0.4, 0.5) is 11.4 Å². The van der Waals surface area contributed by atoms with Crippen LogP contribution in [0.25, 0.3) is 17.0 Å². The Morgan fingerprint density at radius 1 is 1.28 bits per heavy atom. The van der Waals surface area contributed by atoms with Crippen molar-refractivity contribution in [2.24, 2.45) is 0 Å². The van der Waals surface area contributed by atoms with Gasteiger partial charge in [-0.1, -0.05) is 12.1 Å². The summed E-state index contributed by atoms with van der Waals surface area (Å²) in [5.74, 6) is -0.575. The van der Waals surface area contributed by atoms with Crippen molar-refractivity contribution in [3.05, 3.63) is 69.1 Å². The van der Waals surface area contributed by atoms with Crippen LogP contribution in [0.1, 0.15) is 17.4 Å². The van der Waals surface area contributed by atoms with Gasteiger partial charge in [-0.3, -0.25) is 19.6 Å². The number of nitro groups is 1. The molecule has 11 heteroatoms. The summed E-state index contributed by atoms with van der Waals surface area (Å²) in [6, 6.07) is 9.18. The van der Waals surface area contributed by atoms with Crippen molar-refractivity contribution in [3.63, 3.8) is 0 Å². The smallest absolute Gasteiger partial charge is 0.292 e. The van der Waals surface area contributed by atoms with Gasteiger partial charge in [-0.05, 0) is 35.0 Å². The van der Waals surface area contributed by atoms with E-state index in [1.807, 2.05) is 13.1 Å². The van der Waals surface area contributed by atoms with E-state index in [1.54, 1.807) is 23.0 Å². The number of carbonyl (C=O) groups is 1. The molecule has 146 valence electrons. The van der Waals surface area contributed by atoms with E-state index in [0.29, 0.717) is 23.6 Å². The lowest BCUT2D eigenvalue weighted by Gasteiger charge is -2.04. The normalized spacial score (nSPS) is 11.0. The number of halogens is 1. The Morgan fingerprint density at radius 3 is 2.79 bits per heavy atom. The fraction of sp³-hybridized carbons (Fsp3) is 0.111. The van der Waals surface area contributed by atoms with Crippen molar-refractivity contribution < 1.29 is 9.72 Å². The van der Waals surface area contributed by atoms with Crippen LogP contribution in [0.5, 0.6) is 0 Å². The first kappa shape index (κ1) is 18.7. The molecule has 0 fully saturated rings. The first-order valence-electron chi connectivity index (χ1n) is 8.61. The molecule has 10 nitrogen and oxygen atoms in total. The number of nitrogens with zero attached hydrogens (tertiary/aromatic N) is 6. The molecule has 0 saturated carbocycles. The van der Waals surface area contributed by atoms with Gasteiger partial charge in [-0.25, -0.2) is 9.50 Å². The molecule has 0 spiro atoms. The van der Waals surface area contributed by atoms with Crippen LogP contribution >= 0.6 is 15.9 Å². The summed E-state index contributed by atoms with van der Waals surface area (Å²) >= 11 is 3.49. The Kier molecular flexibility index (Phi) is 4.80. The molecule has 3 aromatic heterocycles. The first-order valence-corrected chi connectivity index (χ1v) is 9.40. The summed E-state index contributed by atoms with van der Waals surface area (Å²) < 4.78 is 4.08. The van der Waals surface area contributed by atoms with Gasteiger partial charge in [0, 0.05) is 31.1 Å². The predicted octanol–water partition coefficient (Wildman–Crippen LogP) is 3.54. The minimum atomic E-state index is -0.575. The second kappa shape index (κ2) is 7.43. The lowest BCUT2D eigenvalue weighted by atomic mass is 10.2. The topological polar surface area (TPSA) is 120 Å². The zero-order chi connectivity index (χ0) is 20.5. The van der Waals surface area contributed by atoms with E-state index in [9.17, 15) is 14.9 Å². The number of fused-ring (bicyclic) bond motifs is 1. The third kappa shape index (κ3) is 3.47. The molecule has 0 aliphatic rings. The third-order valence-corrected chi connectivity index (χ3v) is 4.80. The average Bonchev–Trinajstić information content (AvgIpc) is 3.31. The molecule has 1 amide bonds. The van der Waals surface area contributed by atoms with E-state index in [1.165, 1.54) is 28.8 Å². The summed E-state index contributed by atoms with van der Waals surface area (Å²) in [5.41, 5.74) is 1.74. The Hall–Kier alpha value is -3.60. The van der Waals surface area contributed by atoms with Crippen molar-refractivity contribution in [2.75, 3.05) is 5.32 Å². The molecule has 1 aromatic carbocycles. The minimum Gasteiger partial charge on any atom is -0.315 e. The summed E-state index contributed by atoms with van der Waals surface area (Å²) in [5, 5.41) is 22.5. The number of rotatable bonds is 5. The quantitative estimate of drug-likeness (QED) is 0.362. The molecule has 0 saturated heterocycles. The van der Waals surface area contributed by atoms with E-state index in [0.717, 1.165) is 4.47 Å². The molecule has 29 heavy (non-hydrogen) atoms. The van der Waals surface area contributed by atoms with Gasteiger partial charge >= 0.3 is 0 Å². The molecule has 0 aliphatic carbocycles. The van der Waals surface area contributed by atoms with Crippen LogP contribution in [0, 0.1) is 10.1 Å². The Morgan fingerprint density at radius 2 is 2.07 bits per heavy atom. The number of carbonyl (C=O) groups excluding carboxylic acids is 1. The van der Waals surface area contributed by atoms with E-state index >= 15 is 0 Å². The van der Waals surface area contributed by atoms with Crippen molar-refractivity contribution in [2.45, 2.75) is 13.5 Å². The van der Waals surface area contributed by atoms with Crippen molar-refractivity contribution in [3.8, 4) is 11.4 Å². The van der Waals surface area contributed by atoms with Gasteiger partial charge in [0.25, 0.3) is 11.6 Å². The van der Waals surface area contributed by atoms with Gasteiger partial charge < -0.3 is 5.32 Å². The molecular weight excluding hydrogens is 442 g/mol. The predicted molar refractivity (Wildman–Crippen MR) is 109 cm³/mol. The van der Waals surface area contributed by atoms with E-state index < -0.39 is 10.8 Å². The first-order chi connectivity index (χ1) is 14.0. The molecule has 1 N–H and O–H groups in total. The fourth-order valence-electron chi connectivity index (χ4n) is 2.84. The summed E-state index contributed by atoms with van der Waals surface area (Å²) in [6.07, 6.45) is 3.46. The standard InChI is InChI=1S/C18H14BrN7O3/c1-2-24-10-11(19)17(23-24)15-7-8-20-16-9-13(22-25(15)16)18(27)21-12-5-3-4-6-14(12)26(28)29/h3-10H,2H2,1H3,(H,21,27). The van der Waals surface area contributed by atoms with Gasteiger partial charge in [-0.15, -0.1) is 0 Å². The Bertz CT molecular complexity index is 1250. The number of anilines is 1.